The molecule has 1 N–H and O–H groups in total. The summed E-state index contributed by atoms with van der Waals surface area (Å²) >= 11 is 0. The zero-order valence-electron chi connectivity index (χ0n) is 12.9. The van der Waals surface area contributed by atoms with Gasteiger partial charge in [0, 0.05) is 13.1 Å². The third kappa shape index (κ3) is 3.35. The molecular formula is C16H23N3O2. The fourth-order valence-electron chi connectivity index (χ4n) is 2.38. The van der Waals surface area contributed by atoms with Gasteiger partial charge in [0.15, 0.2) is 0 Å². The lowest BCUT2D eigenvalue weighted by molar-refractivity contribution is -0.121. The standard InChI is InChI=1S/C16H23N3O2/c1-4-9-18-13-7-5-6-8-14(13)19(16(18)21)11-15(20)17-10-12(2)3/h5-8,12H,4,9-11H2,1-3H3,(H,17,20). The average Bonchev–Trinajstić information content (AvgIpc) is 2.71. The van der Waals surface area contributed by atoms with Crippen molar-refractivity contribution >= 4 is 16.9 Å². The van der Waals surface area contributed by atoms with E-state index in [4.69, 9.17) is 0 Å². The minimum Gasteiger partial charge on any atom is -0.354 e. The van der Waals surface area contributed by atoms with Crippen molar-refractivity contribution in [2.75, 3.05) is 6.54 Å². The molecule has 0 aliphatic heterocycles. The van der Waals surface area contributed by atoms with Crippen LogP contribution in [0.1, 0.15) is 27.2 Å². The summed E-state index contributed by atoms with van der Waals surface area (Å²) < 4.78 is 3.30. The van der Waals surface area contributed by atoms with E-state index in [0.717, 1.165) is 17.5 Å². The lowest BCUT2D eigenvalue weighted by Crippen LogP contribution is -2.34. The van der Waals surface area contributed by atoms with Crippen LogP contribution in [-0.4, -0.2) is 21.6 Å². The van der Waals surface area contributed by atoms with Crippen molar-refractivity contribution in [2.24, 2.45) is 5.92 Å². The topological polar surface area (TPSA) is 56.0 Å². The van der Waals surface area contributed by atoms with Crippen LogP contribution in [0.4, 0.5) is 0 Å². The molecule has 0 bridgehead atoms. The number of hydrogen-bond acceptors (Lipinski definition) is 2. The van der Waals surface area contributed by atoms with E-state index in [1.807, 2.05) is 45.0 Å². The van der Waals surface area contributed by atoms with Crippen LogP contribution in [0, 0.1) is 5.92 Å². The maximum Gasteiger partial charge on any atom is 0.329 e. The predicted octanol–water partition coefficient (Wildman–Crippen LogP) is 1.99. The maximum atomic E-state index is 12.5. The van der Waals surface area contributed by atoms with Gasteiger partial charge in [-0.05, 0) is 24.5 Å². The van der Waals surface area contributed by atoms with Gasteiger partial charge in [-0.15, -0.1) is 0 Å². The molecule has 1 heterocycles. The fraction of sp³-hybridized carbons (Fsp3) is 0.500. The van der Waals surface area contributed by atoms with E-state index >= 15 is 0 Å². The molecule has 0 aliphatic carbocycles. The van der Waals surface area contributed by atoms with Gasteiger partial charge in [-0.2, -0.15) is 0 Å². The molecule has 5 heteroatoms. The van der Waals surface area contributed by atoms with Gasteiger partial charge in [-0.1, -0.05) is 32.9 Å². The van der Waals surface area contributed by atoms with Crippen molar-refractivity contribution < 1.29 is 4.79 Å². The Labute approximate surface area is 124 Å². The highest BCUT2D eigenvalue weighted by molar-refractivity contribution is 5.80. The van der Waals surface area contributed by atoms with Gasteiger partial charge >= 0.3 is 5.69 Å². The lowest BCUT2D eigenvalue weighted by atomic mass is 10.2. The summed E-state index contributed by atoms with van der Waals surface area (Å²) in [7, 11) is 0. The molecule has 1 amide bonds. The molecule has 0 aliphatic rings. The van der Waals surface area contributed by atoms with E-state index in [-0.39, 0.29) is 18.1 Å². The highest BCUT2D eigenvalue weighted by atomic mass is 16.2. The summed E-state index contributed by atoms with van der Waals surface area (Å²) in [6, 6.07) is 7.62. The van der Waals surface area contributed by atoms with E-state index in [1.165, 1.54) is 0 Å². The van der Waals surface area contributed by atoms with Gasteiger partial charge in [-0.3, -0.25) is 13.9 Å². The Bertz CT molecular complexity index is 682. The monoisotopic (exact) mass is 289 g/mol. The molecule has 0 atom stereocenters. The number of fused-ring (bicyclic) bond motifs is 1. The van der Waals surface area contributed by atoms with E-state index in [0.29, 0.717) is 19.0 Å². The number of nitrogens with zero attached hydrogens (tertiary/aromatic N) is 2. The van der Waals surface area contributed by atoms with Crippen molar-refractivity contribution in [3.05, 3.63) is 34.7 Å². The van der Waals surface area contributed by atoms with Crippen LogP contribution in [0.25, 0.3) is 11.0 Å². The molecule has 0 radical (unpaired) electrons. The zero-order valence-corrected chi connectivity index (χ0v) is 12.9. The second-order valence-corrected chi connectivity index (χ2v) is 5.71. The molecule has 114 valence electrons. The predicted molar refractivity (Wildman–Crippen MR) is 84.3 cm³/mol. The Hall–Kier alpha value is -2.04. The Kier molecular flexibility index (Phi) is 4.83. The number of aromatic nitrogens is 2. The number of carbonyl (C=O) groups is 1. The molecule has 0 unspecified atom stereocenters. The first-order valence-corrected chi connectivity index (χ1v) is 7.49. The molecule has 2 rings (SSSR count). The summed E-state index contributed by atoms with van der Waals surface area (Å²) in [6.45, 7) is 7.48. The fourth-order valence-corrected chi connectivity index (χ4v) is 2.38. The normalized spacial score (nSPS) is 11.2. The lowest BCUT2D eigenvalue weighted by Gasteiger charge is -2.08. The number of imidazole rings is 1. The van der Waals surface area contributed by atoms with E-state index in [9.17, 15) is 9.59 Å². The van der Waals surface area contributed by atoms with Crippen LogP contribution in [0.5, 0.6) is 0 Å². The molecule has 5 nitrogen and oxygen atoms in total. The number of benzene rings is 1. The Morgan fingerprint density at radius 1 is 1.19 bits per heavy atom. The number of para-hydroxylation sites is 2. The molecule has 0 spiro atoms. The first kappa shape index (κ1) is 15.4. The smallest absolute Gasteiger partial charge is 0.329 e. The van der Waals surface area contributed by atoms with Crippen LogP contribution in [0.3, 0.4) is 0 Å². The summed E-state index contributed by atoms with van der Waals surface area (Å²) in [5.74, 6) is 0.275. The molecule has 0 fully saturated rings. The first-order valence-electron chi connectivity index (χ1n) is 7.49. The SMILES string of the molecule is CCCn1c(=O)n(CC(=O)NCC(C)C)c2ccccc21. The largest absolute Gasteiger partial charge is 0.354 e. The molecule has 21 heavy (non-hydrogen) atoms. The summed E-state index contributed by atoms with van der Waals surface area (Å²) in [5, 5.41) is 2.86. The second-order valence-electron chi connectivity index (χ2n) is 5.71. The molecule has 1 aromatic carbocycles. The van der Waals surface area contributed by atoms with E-state index < -0.39 is 0 Å². The number of nitrogens with one attached hydrogen (secondary N) is 1. The van der Waals surface area contributed by atoms with Crippen molar-refractivity contribution in [1.29, 1.82) is 0 Å². The van der Waals surface area contributed by atoms with Crippen molar-refractivity contribution in [3.63, 3.8) is 0 Å². The van der Waals surface area contributed by atoms with Crippen LogP contribution in [-0.2, 0) is 17.9 Å². The number of carbonyl (C=O) groups excluding carboxylic acids is 1. The molecule has 0 saturated carbocycles. The second kappa shape index (κ2) is 6.61. The van der Waals surface area contributed by atoms with Gasteiger partial charge in [-0.25, -0.2) is 4.79 Å². The number of hydrogen-bond donors (Lipinski definition) is 1. The molecule has 1 aromatic heterocycles. The van der Waals surface area contributed by atoms with Crippen molar-refractivity contribution in [2.45, 2.75) is 40.3 Å². The highest BCUT2D eigenvalue weighted by Gasteiger charge is 2.14. The highest BCUT2D eigenvalue weighted by Crippen LogP contribution is 2.13. The number of aryl methyl sites for hydroxylation is 1. The molecule has 2 aromatic rings. The van der Waals surface area contributed by atoms with Gasteiger partial charge in [0.2, 0.25) is 5.91 Å². The molecule has 0 saturated heterocycles. The third-order valence-corrected chi connectivity index (χ3v) is 3.38. The Morgan fingerprint density at radius 3 is 2.38 bits per heavy atom. The van der Waals surface area contributed by atoms with Crippen molar-refractivity contribution in [1.82, 2.24) is 14.5 Å². The van der Waals surface area contributed by atoms with Gasteiger partial charge in [0.05, 0.1) is 11.0 Å². The minimum absolute atomic E-state index is 0.0722. The van der Waals surface area contributed by atoms with E-state index in [1.54, 1.807) is 9.13 Å². The number of rotatable bonds is 6. The summed E-state index contributed by atoms with van der Waals surface area (Å²) in [6.07, 6.45) is 0.882. The van der Waals surface area contributed by atoms with Gasteiger partial charge in [0.1, 0.15) is 6.54 Å². The van der Waals surface area contributed by atoms with Crippen LogP contribution in [0.2, 0.25) is 0 Å². The zero-order chi connectivity index (χ0) is 15.4. The van der Waals surface area contributed by atoms with Gasteiger partial charge < -0.3 is 5.32 Å². The quantitative estimate of drug-likeness (QED) is 0.884. The maximum absolute atomic E-state index is 12.5. The number of amides is 1. The Balaban J connectivity index is 2.33. The Morgan fingerprint density at radius 2 is 1.81 bits per heavy atom. The summed E-state index contributed by atoms with van der Waals surface area (Å²) in [4.78, 5) is 24.5. The van der Waals surface area contributed by atoms with Crippen molar-refractivity contribution in [3.8, 4) is 0 Å². The average molecular weight is 289 g/mol. The third-order valence-electron chi connectivity index (χ3n) is 3.38. The van der Waals surface area contributed by atoms with E-state index in [2.05, 4.69) is 5.32 Å². The first-order chi connectivity index (χ1) is 10.0. The van der Waals surface area contributed by atoms with Crippen LogP contribution < -0.4 is 11.0 Å². The van der Waals surface area contributed by atoms with Crippen LogP contribution in [0.15, 0.2) is 29.1 Å². The minimum atomic E-state index is -0.120. The van der Waals surface area contributed by atoms with Crippen LogP contribution >= 0.6 is 0 Å². The van der Waals surface area contributed by atoms with Gasteiger partial charge in [0.25, 0.3) is 0 Å². The summed E-state index contributed by atoms with van der Waals surface area (Å²) in [5.41, 5.74) is 1.59. The molecular weight excluding hydrogens is 266 g/mol.